The van der Waals surface area contributed by atoms with Gasteiger partial charge in [-0.2, -0.15) is 0 Å². The van der Waals surface area contributed by atoms with E-state index in [1.54, 1.807) is 11.3 Å². The average Bonchev–Trinajstić information content (AvgIpc) is 2.34. The van der Waals surface area contributed by atoms with Crippen LogP contribution in [0.1, 0.15) is 5.56 Å². The summed E-state index contributed by atoms with van der Waals surface area (Å²) in [7, 11) is 0. The van der Waals surface area contributed by atoms with Gasteiger partial charge in [0, 0.05) is 5.02 Å². The fourth-order valence-corrected chi connectivity index (χ4v) is 2.23. The van der Waals surface area contributed by atoms with E-state index in [4.69, 9.17) is 11.6 Å². The Morgan fingerprint density at radius 1 is 1.45 bits per heavy atom. The van der Waals surface area contributed by atoms with Crippen LogP contribution in [0.15, 0.2) is 17.6 Å². The van der Waals surface area contributed by atoms with Gasteiger partial charge in [-0.3, -0.25) is 0 Å². The molecule has 3 heteroatoms. The van der Waals surface area contributed by atoms with E-state index in [2.05, 4.69) is 4.98 Å². The summed E-state index contributed by atoms with van der Waals surface area (Å²) in [6, 6.07) is 3.88. The largest absolute Gasteiger partial charge is 0.244 e. The molecule has 56 valence electrons. The lowest BCUT2D eigenvalue weighted by Gasteiger charge is -1.94. The molecular weight excluding hydrogens is 178 g/mol. The molecule has 1 aromatic carbocycles. The number of halogens is 1. The molecule has 1 heterocycles. The highest BCUT2D eigenvalue weighted by molar-refractivity contribution is 7.16. The number of fused-ring (bicyclic) bond motifs is 1. The molecule has 0 fully saturated rings. The van der Waals surface area contributed by atoms with Crippen molar-refractivity contribution >= 4 is 33.2 Å². The number of benzene rings is 1. The lowest BCUT2D eigenvalue weighted by Crippen LogP contribution is -1.74. The highest BCUT2D eigenvalue weighted by Crippen LogP contribution is 2.25. The second-order valence-corrected chi connectivity index (χ2v) is 3.74. The summed E-state index contributed by atoms with van der Waals surface area (Å²) >= 11 is 7.48. The van der Waals surface area contributed by atoms with Crippen LogP contribution in [0.2, 0.25) is 5.02 Å². The molecule has 11 heavy (non-hydrogen) atoms. The minimum absolute atomic E-state index is 0.791. The molecule has 0 bridgehead atoms. The lowest BCUT2D eigenvalue weighted by atomic mass is 10.2. The second kappa shape index (κ2) is 2.47. The number of rotatable bonds is 0. The van der Waals surface area contributed by atoms with Crippen molar-refractivity contribution in [2.24, 2.45) is 0 Å². The molecule has 0 atom stereocenters. The summed E-state index contributed by atoms with van der Waals surface area (Å²) in [6.45, 7) is 2.02. The van der Waals surface area contributed by atoms with Crippen molar-refractivity contribution in [1.29, 1.82) is 0 Å². The molecule has 0 N–H and O–H groups in total. The van der Waals surface area contributed by atoms with Crippen molar-refractivity contribution in [3.05, 3.63) is 28.2 Å². The van der Waals surface area contributed by atoms with E-state index in [1.807, 2.05) is 24.6 Å². The predicted octanol–water partition coefficient (Wildman–Crippen LogP) is 3.26. The van der Waals surface area contributed by atoms with E-state index in [9.17, 15) is 0 Å². The van der Waals surface area contributed by atoms with Crippen LogP contribution >= 0.6 is 22.9 Å². The van der Waals surface area contributed by atoms with Gasteiger partial charge in [-0.15, -0.1) is 11.3 Å². The summed E-state index contributed by atoms with van der Waals surface area (Å²) in [5.74, 6) is 0. The van der Waals surface area contributed by atoms with Crippen LogP contribution in [0, 0.1) is 6.92 Å². The molecule has 0 amide bonds. The molecule has 0 aliphatic carbocycles. The minimum atomic E-state index is 0.791. The van der Waals surface area contributed by atoms with Crippen LogP contribution in [0.5, 0.6) is 0 Å². The van der Waals surface area contributed by atoms with Crippen LogP contribution in [0.4, 0.5) is 0 Å². The molecule has 0 spiro atoms. The SMILES string of the molecule is Cc1cc(Cl)cc2scnc12. The standard InChI is InChI=1S/C8H6ClNS/c1-5-2-6(9)3-7-8(5)10-4-11-7/h2-4H,1H3. The first-order valence-corrected chi connectivity index (χ1v) is 4.52. The topological polar surface area (TPSA) is 12.9 Å². The molecule has 0 aliphatic heterocycles. The smallest absolute Gasteiger partial charge is 0.0842 e. The maximum absolute atomic E-state index is 5.86. The molecule has 2 aromatic rings. The fourth-order valence-electron chi connectivity index (χ4n) is 1.10. The summed E-state index contributed by atoms with van der Waals surface area (Å²) in [5.41, 5.74) is 4.06. The average molecular weight is 184 g/mol. The number of hydrogen-bond acceptors (Lipinski definition) is 2. The highest BCUT2D eigenvalue weighted by atomic mass is 35.5. The van der Waals surface area contributed by atoms with Gasteiger partial charge in [0.05, 0.1) is 15.7 Å². The van der Waals surface area contributed by atoms with E-state index in [0.29, 0.717) is 0 Å². The normalized spacial score (nSPS) is 10.7. The van der Waals surface area contributed by atoms with Gasteiger partial charge in [0.25, 0.3) is 0 Å². The Kier molecular flexibility index (Phi) is 1.59. The van der Waals surface area contributed by atoms with Gasteiger partial charge in [-0.05, 0) is 24.6 Å². The molecule has 0 saturated heterocycles. The molecule has 0 saturated carbocycles. The Morgan fingerprint density at radius 3 is 3.09 bits per heavy atom. The summed E-state index contributed by atoms with van der Waals surface area (Å²) in [6.07, 6.45) is 0. The third-order valence-corrected chi connectivity index (χ3v) is 2.59. The highest BCUT2D eigenvalue weighted by Gasteiger charge is 2.00. The van der Waals surface area contributed by atoms with E-state index < -0.39 is 0 Å². The first-order chi connectivity index (χ1) is 5.27. The van der Waals surface area contributed by atoms with Crippen molar-refractivity contribution < 1.29 is 0 Å². The third-order valence-electron chi connectivity index (χ3n) is 1.59. The zero-order valence-electron chi connectivity index (χ0n) is 5.97. The van der Waals surface area contributed by atoms with Crippen LogP contribution in [-0.2, 0) is 0 Å². The van der Waals surface area contributed by atoms with Gasteiger partial charge < -0.3 is 0 Å². The molecule has 1 aromatic heterocycles. The van der Waals surface area contributed by atoms with E-state index in [-0.39, 0.29) is 0 Å². The molecule has 2 rings (SSSR count). The zero-order valence-corrected chi connectivity index (χ0v) is 7.54. The number of aromatic nitrogens is 1. The molecule has 0 radical (unpaired) electrons. The van der Waals surface area contributed by atoms with Gasteiger partial charge >= 0.3 is 0 Å². The maximum atomic E-state index is 5.86. The Balaban J connectivity index is 2.91. The van der Waals surface area contributed by atoms with Gasteiger partial charge in [0.1, 0.15) is 0 Å². The quantitative estimate of drug-likeness (QED) is 0.611. The van der Waals surface area contributed by atoms with E-state index in [0.717, 1.165) is 20.8 Å². The molecule has 0 aliphatic rings. The van der Waals surface area contributed by atoms with Crippen LogP contribution < -0.4 is 0 Å². The van der Waals surface area contributed by atoms with Gasteiger partial charge in [0.15, 0.2) is 0 Å². The molecule has 1 nitrogen and oxygen atoms in total. The van der Waals surface area contributed by atoms with Crippen molar-refractivity contribution in [1.82, 2.24) is 4.98 Å². The zero-order chi connectivity index (χ0) is 7.84. The predicted molar refractivity (Wildman–Crippen MR) is 49.4 cm³/mol. The fraction of sp³-hybridized carbons (Fsp3) is 0.125. The van der Waals surface area contributed by atoms with Crippen LogP contribution in [0.25, 0.3) is 10.2 Å². The monoisotopic (exact) mass is 183 g/mol. The Hall–Kier alpha value is -0.600. The van der Waals surface area contributed by atoms with Crippen LogP contribution in [-0.4, -0.2) is 4.98 Å². The lowest BCUT2D eigenvalue weighted by molar-refractivity contribution is 1.43. The van der Waals surface area contributed by atoms with Crippen molar-refractivity contribution in [2.45, 2.75) is 6.92 Å². The van der Waals surface area contributed by atoms with Gasteiger partial charge in [0.2, 0.25) is 0 Å². The number of nitrogens with zero attached hydrogens (tertiary/aromatic N) is 1. The number of aryl methyl sites for hydroxylation is 1. The second-order valence-electron chi connectivity index (χ2n) is 2.42. The molecule has 0 unspecified atom stereocenters. The Bertz CT molecular complexity index is 394. The first-order valence-electron chi connectivity index (χ1n) is 3.27. The van der Waals surface area contributed by atoms with E-state index in [1.165, 1.54) is 0 Å². The summed E-state index contributed by atoms with van der Waals surface area (Å²) in [5, 5.41) is 0.791. The van der Waals surface area contributed by atoms with Crippen molar-refractivity contribution in [2.75, 3.05) is 0 Å². The maximum Gasteiger partial charge on any atom is 0.0842 e. The molecular formula is C8H6ClNS. The number of thiazole rings is 1. The first kappa shape index (κ1) is 7.07. The number of hydrogen-bond donors (Lipinski definition) is 0. The Morgan fingerprint density at radius 2 is 2.27 bits per heavy atom. The van der Waals surface area contributed by atoms with Crippen molar-refractivity contribution in [3.8, 4) is 0 Å². The van der Waals surface area contributed by atoms with E-state index >= 15 is 0 Å². The van der Waals surface area contributed by atoms with Gasteiger partial charge in [-0.1, -0.05) is 11.6 Å². The minimum Gasteiger partial charge on any atom is -0.244 e. The van der Waals surface area contributed by atoms with Gasteiger partial charge in [-0.25, -0.2) is 4.98 Å². The summed E-state index contributed by atoms with van der Waals surface area (Å²) < 4.78 is 1.16. The van der Waals surface area contributed by atoms with Crippen molar-refractivity contribution in [3.63, 3.8) is 0 Å². The van der Waals surface area contributed by atoms with Crippen LogP contribution in [0.3, 0.4) is 0 Å². The summed E-state index contributed by atoms with van der Waals surface area (Å²) in [4.78, 5) is 4.22. The third kappa shape index (κ3) is 1.12. The Labute approximate surface area is 73.6 Å².